The Labute approximate surface area is 94.4 Å². The number of rotatable bonds is 5. The fourth-order valence-corrected chi connectivity index (χ4v) is 1.79. The van der Waals surface area contributed by atoms with E-state index in [1.165, 1.54) is 0 Å². The summed E-state index contributed by atoms with van der Waals surface area (Å²) in [5.74, 6) is 6.10. The van der Waals surface area contributed by atoms with Gasteiger partial charge in [-0.25, -0.2) is 0 Å². The molecule has 0 radical (unpaired) electrons. The number of nitrogens with two attached hydrogens (primary N) is 1. The molecule has 0 bridgehead atoms. The fraction of sp³-hybridized carbons (Fsp3) is 0.400. The Morgan fingerprint density at radius 1 is 1.36 bits per heavy atom. The van der Waals surface area contributed by atoms with Crippen molar-refractivity contribution in [3.8, 4) is 0 Å². The molecule has 3 N–H and O–H groups in total. The van der Waals surface area contributed by atoms with Crippen LogP contribution in [0, 0.1) is 0 Å². The monoisotopic (exact) mass is 232 g/mol. The highest BCUT2D eigenvalue weighted by Gasteiger charge is 2.11. The standard InChI is InChI=1S/C10H14Cl2N2/c11-7-3-6-10(14-13)8-4-1-2-5-9(8)12/h1-2,4-5,10,14H,3,6-7,13H2. The van der Waals surface area contributed by atoms with E-state index in [4.69, 9.17) is 29.0 Å². The Kier molecular flexibility index (Phi) is 5.26. The zero-order valence-corrected chi connectivity index (χ0v) is 9.35. The van der Waals surface area contributed by atoms with Gasteiger partial charge < -0.3 is 0 Å². The Bertz CT molecular complexity index is 279. The van der Waals surface area contributed by atoms with Gasteiger partial charge in [0.1, 0.15) is 0 Å². The summed E-state index contributed by atoms with van der Waals surface area (Å²) in [5.41, 5.74) is 3.78. The Morgan fingerprint density at radius 2 is 2.07 bits per heavy atom. The lowest BCUT2D eigenvalue weighted by atomic mass is 10.0. The van der Waals surface area contributed by atoms with Crippen LogP contribution in [0.15, 0.2) is 24.3 Å². The zero-order chi connectivity index (χ0) is 10.4. The zero-order valence-electron chi connectivity index (χ0n) is 7.84. The molecule has 14 heavy (non-hydrogen) atoms. The van der Waals surface area contributed by atoms with Crippen molar-refractivity contribution in [1.29, 1.82) is 0 Å². The van der Waals surface area contributed by atoms with Crippen LogP contribution in [0.4, 0.5) is 0 Å². The van der Waals surface area contributed by atoms with Crippen molar-refractivity contribution in [2.24, 2.45) is 5.84 Å². The minimum atomic E-state index is 0.0856. The highest BCUT2D eigenvalue weighted by atomic mass is 35.5. The van der Waals surface area contributed by atoms with E-state index in [1.807, 2.05) is 24.3 Å². The molecular weight excluding hydrogens is 219 g/mol. The van der Waals surface area contributed by atoms with Crippen molar-refractivity contribution in [2.45, 2.75) is 18.9 Å². The SMILES string of the molecule is NNC(CCCCl)c1ccccc1Cl. The summed E-state index contributed by atoms with van der Waals surface area (Å²) in [5, 5.41) is 0.741. The number of halogens is 2. The van der Waals surface area contributed by atoms with Crippen LogP contribution in [0.1, 0.15) is 24.4 Å². The molecule has 1 unspecified atom stereocenters. The van der Waals surface area contributed by atoms with Crippen molar-refractivity contribution in [2.75, 3.05) is 5.88 Å². The second-order valence-corrected chi connectivity index (χ2v) is 3.86. The summed E-state index contributed by atoms with van der Waals surface area (Å²) in [6, 6.07) is 7.78. The first-order chi connectivity index (χ1) is 6.79. The number of hydrogen-bond donors (Lipinski definition) is 2. The topological polar surface area (TPSA) is 38.0 Å². The highest BCUT2D eigenvalue weighted by molar-refractivity contribution is 6.31. The van der Waals surface area contributed by atoms with Crippen molar-refractivity contribution >= 4 is 23.2 Å². The van der Waals surface area contributed by atoms with Crippen LogP contribution in [0.25, 0.3) is 0 Å². The van der Waals surface area contributed by atoms with Crippen LogP contribution in [0.5, 0.6) is 0 Å². The molecule has 0 saturated heterocycles. The molecule has 0 heterocycles. The van der Waals surface area contributed by atoms with Gasteiger partial charge in [0, 0.05) is 16.9 Å². The van der Waals surface area contributed by atoms with Gasteiger partial charge in [0.15, 0.2) is 0 Å². The summed E-state index contributed by atoms with van der Waals surface area (Å²) in [6.07, 6.45) is 1.81. The van der Waals surface area contributed by atoms with Gasteiger partial charge in [-0.2, -0.15) is 0 Å². The Balaban J connectivity index is 2.73. The fourth-order valence-electron chi connectivity index (χ4n) is 1.37. The second kappa shape index (κ2) is 6.25. The van der Waals surface area contributed by atoms with Crippen LogP contribution >= 0.6 is 23.2 Å². The van der Waals surface area contributed by atoms with E-state index in [2.05, 4.69) is 5.43 Å². The van der Waals surface area contributed by atoms with Crippen molar-refractivity contribution in [1.82, 2.24) is 5.43 Å². The number of benzene rings is 1. The first kappa shape index (κ1) is 11.8. The average molecular weight is 233 g/mol. The number of alkyl halides is 1. The first-order valence-corrected chi connectivity index (χ1v) is 5.47. The van der Waals surface area contributed by atoms with E-state index in [0.29, 0.717) is 5.88 Å². The molecule has 1 aromatic rings. The lowest BCUT2D eigenvalue weighted by Crippen LogP contribution is -2.28. The molecule has 2 nitrogen and oxygen atoms in total. The van der Waals surface area contributed by atoms with Gasteiger partial charge in [-0.05, 0) is 24.5 Å². The van der Waals surface area contributed by atoms with E-state index in [-0.39, 0.29) is 6.04 Å². The summed E-state index contributed by atoms with van der Waals surface area (Å²) in [4.78, 5) is 0. The molecule has 1 rings (SSSR count). The van der Waals surface area contributed by atoms with Crippen LogP contribution < -0.4 is 11.3 Å². The van der Waals surface area contributed by atoms with Gasteiger partial charge >= 0.3 is 0 Å². The third kappa shape index (κ3) is 3.14. The third-order valence-corrected chi connectivity index (χ3v) is 2.72. The van der Waals surface area contributed by atoms with Gasteiger partial charge in [-0.3, -0.25) is 11.3 Å². The normalized spacial score (nSPS) is 12.8. The number of hydrogen-bond acceptors (Lipinski definition) is 2. The third-order valence-electron chi connectivity index (χ3n) is 2.11. The lowest BCUT2D eigenvalue weighted by molar-refractivity contribution is 0.511. The quantitative estimate of drug-likeness (QED) is 0.466. The van der Waals surface area contributed by atoms with Gasteiger partial charge in [-0.1, -0.05) is 29.8 Å². The molecule has 0 aliphatic rings. The molecule has 0 aliphatic heterocycles. The predicted octanol–water partition coefficient (Wildman–Crippen LogP) is 2.86. The summed E-state index contributed by atoms with van der Waals surface area (Å²) < 4.78 is 0. The largest absolute Gasteiger partial charge is 0.271 e. The highest BCUT2D eigenvalue weighted by Crippen LogP contribution is 2.25. The van der Waals surface area contributed by atoms with Gasteiger partial charge in [0.05, 0.1) is 0 Å². The van der Waals surface area contributed by atoms with Crippen LogP contribution in [0.2, 0.25) is 5.02 Å². The van der Waals surface area contributed by atoms with Gasteiger partial charge in [0.25, 0.3) is 0 Å². The van der Waals surface area contributed by atoms with E-state index >= 15 is 0 Å². The molecule has 1 aromatic carbocycles. The molecule has 0 aliphatic carbocycles. The number of hydrazine groups is 1. The van der Waals surface area contributed by atoms with Crippen LogP contribution in [-0.4, -0.2) is 5.88 Å². The molecule has 0 saturated carbocycles. The van der Waals surface area contributed by atoms with Crippen LogP contribution in [-0.2, 0) is 0 Å². The maximum Gasteiger partial charge on any atom is 0.0475 e. The molecule has 0 amide bonds. The summed E-state index contributed by atoms with van der Waals surface area (Å²) in [6.45, 7) is 0. The molecule has 0 aromatic heterocycles. The van der Waals surface area contributed by atoms with Crippen molar-refractivity contribution < 1.29 is 0 Å². The molecule has 78 valence electrons. The van der Waals surface area contributed by atoms with Crippen LogP contribution in [0.3, 0.4) is 0 Å². The van der Waals surface area contributed by atoms with E-state index in [1.54, 1.807) is 0 Å². The van der Waals surface area contributed by atoms with Crippen molar-refractivity contribution in [3.63, 3.8) is 0 Å². The maximum atomic E-state index is 6.05. The number of nitrogens with one attached hydrogen (secondary N) is 1. The van der Waals surface area contributed by atoms with Gasteiger partial charge in [0.2, 0.25) is 0 Å². The average Bonchev–Trinajstić information content (AvgIpc) is 2.21. The molecule has 1 atom stereocenters. The maximum absolute atomic E-state index is 6.05. The van der Waals surface area contributed by atoms with Crippen molar-refractivity contribution in [3.05, 3.63) is 34.9 Å². The van der Waals surface area contributed by atoms with E-state index in [0.717, 1.165) is 23.4 Å². The Morgan fingerprint density at radius 3 is 2.64 bits per heavy atom. The smallest absolute Gasteiger partial charge is 0.0475 e. The molecular formula is C10H14Cl2N2. The Hall–Kier alpha value is -0.280. The molecule has 4 heteroatoms. The van der Waals surface area contributed by atoms with Gasteiger partial charge in [-0.15, -0.1) is 11.6 Å². The predicted molar refractivity (Wildman–Crippen MR) is 61.5 cm³/mol. The first-order valence-electron chi connectivity index (χ1n) is 4.56. The summed E-state index contributed by atoms with van der Waals surface area (Å²) >= 11 is 11.7. The second-order valence-electron chi connectivity index (χ2n) is 3.07. The lowest BCUT2D eigenvalue weighted by Gasteiger charge is -2.16. The molecule has 0 spiro atoms. The van der Waals surface area contributed by atoms with E-state index in [9.17, 15) is 0 Å². The van der Waals surface area contributed by atoms with E-state index < -0.39 is 0 Å². The molecule has 0 fully saturated rings. The minimum absolute atomic E-state index is 0.0856. The summed E-state index contributed by atoms with van der Waals surface area (Å²) in [7, 11) is 0. The minimum Gasteiger partial charge on any atom is -0.271 e.